The van der Waals surface area contributed by atoms with Crippen molar-refractivity contribution in [3.63, 3.8) is 0 Å². The molecular weight excluding hydrogens is 150 g/mol. The van der Waals surface area contributed by atoms with Crippen LogP contribution in [0.1, 0.15) is 38.5 Å². The minimum absolute atomic E-state index is 0.116. The summed E-state index contributed by atoms with van der Waals surface area (Å²) in [6.45, 7) is 2.55. The lowest BCUT2D eigenvalue weighted by Crippen LogP contribution is -2.08. The van der Waals surface area contributed by atoms with E-state index in [0.29, 0.717) is 0 Å². The Morgan fingerprint density at radius 2 is 2.00 bits per heavy atom. The van der Waals surface area contributed by atoms with Crippen LogP contribution in [0.3, 0.4) is 0 Å². The first-order chi connectivity index (χ1) is 5.93. The Hall–Kier alpha value is -0.0800. The quantitative estimate of drug-likeness (QED) is 0.607. The first-order valence-corrected chi connectivity index (χ1v) is 5.22. The van der Waals surface area contributed by atoms with E-state index < -0.39 is 0 Å². The van der Waals surface area contributed by atoms with Gasteiger partial charge in [-0.15, -0.1) is 0 Å². The highest BCUT2D eigenvalue weighted by molar-refractivity contribution is 4.70. The summed E-state index contributed by atoms with van der Waals surface area (Å²) >= 11 is 0. The Labute approximate surface area is 75.4 Å². The van der Waals surface area contributed by atoms with E-state index in [1.807, 2.05) is 0 Å². The fraction of sp³-hybridized carbons (Fsp3) is 1.00. The summed E-state index contributed by atoms with van der Waals surface area (Å²) in [7, 11) is 0. The summed E-state index contributed by atoms with van der Waals surface area (Å²) in [4.78, 5) is 0. The lowest BCUT2D eigenvalue weighted by molar-refractivity contribution is 0.185. The molecule has 1 saturated heterocycles. The molecule has 0 aromatic carbocycles. The van der Waals surface area contributed by atoms with Crippen molar-refractivity contribution in [2.75, 3.05) is 19.7 Å². The van der Waals surface area contributed by atoms with Gasteiger partial charge in [0.15, 0.2) is 0 Å². The highest BCUT2D eigenvalue weighted by Crippen LogP contribution is 2.16. The van der Waals surface area contributed by atoms with Crippen LogP contribution in [0.25, 0.3) is 0 Å². The predicted octanol–water partition coefficient (Wildman–Crippen LogP) is 1.98. The summed E-state index contributed by atoms with van der Waals surface area (Å²) in [6, 6.07) is 0. The minimum atomic E-state index is 0.116. The summed E-state index contributed by atoms with van der Waals surface area (Å²) < 4.78 is 0. The summed E-state index contributed by atoms with van der Waals surface area (Å²) in [5.41, 5.74) is 0. The predicted molar refractivity (Wildman–Crippen MR) is 49.6 cm³/mol. The molecule has 0 aromatic rings. The number of rotatable bonds is 6. The highest BCUT2D eigenvalue weighted by Gasteiger charge is 2.12. The molecule has 0 amide bonds. The second-order valence-corrected chi connectivity index (χ2v) is 3.77. The first kappa shape index (κ1) is 10.0. The SMILES string of the molecule is [O]CCCCCCC1CCNC1. The van der Waals surface area contributed by atoms with E-state index in [1.54, 1.807) is 0 Å². The fourth-order valence-electron chi connectivity index (χ4n) is 1.85. The number of hydrogen-bond donors (Lipinski definition) is 1. The van der Waals surface area contributed by atoms with Crippen LogP contribution in [0.4, 0.5) is 0 Å². The van der Waals surface area contributed by atoms with Gasteiger partial charge in [0.05, 0.1) is 6.61 Å². The smallest absolute Gasteiger partial charge is 0.0822 e. The summed E-state index contributed by atoms with van der Waals surface area (Å²) in [6.07, 6.45) is 7.34. The van der Waals surface area contributed by atoms with Crippen LogP contribution in [0.15, 0.2) is 0 Å². The van der Waals surface area contributed by atoms with Crippen LogP contribution in [0.5, 0.6) is 0 Å². The van der Waals surface area contributed by atoms with Gasteiger partial charge in [0.25, 0.3) is 0 Å². The molecule has 1 aliphatic heterocycles. The molecule has 1 unspecified atom stereocenters. The zero-order chi connectivity index (χ0) is 8.65. The van der Waals surface area contributed by atoms with Crippen LogP contribution in [0.2, 0.25) is 0 Å². The van der Waals surface area contributed by atoms with E-state index in [2.05, 4.69) is 5.32 Å². The van der Waals surface area contributed by atoms with Gasteiger partial charge >= 0.3 is 0 Å². The van der Waals surface area contributed by atoms with Crippen LogP contribution < -0.4 is 5.32 Å². The second kappa shape index (κ2) is 6.44. The monoisotopic (exact) mass is 170 g/mol. The second-order valence-electron chi connectivity index (χ2n) is 3.77. The molecular formula is C10H20NO. The number of nitrogens with one attached hydrogen (secondary N) is 1. The summed E-state index contributed by atoms with van der Waals surface area (Å²) in [5.74, 6) is 0.928. The topological polar surface area (TPSA) is 31.9 Å². The van der Waals surface area contributed by atoms with Crippen LogP contribution in [-0.2, 0) is 5.11 Å². The molecule has 71 valence electrons. The van der Waals surface area contributed by atoms with Gasteiger partial charge in [-0.05, 0) is 38.3 Å². The first-order valence-electron chi connectivity index (χ1n) is 5.22. The molecule has 0 bridgehead atoms. The van der Waals surface area contributed by atoms with Crippen molar-refractivity contribution in [1.82, 2.24) is 5.32 Å². The average Bonchev–Trinajstić information content (AvgIpc) is 2.57. The Morgan fingerprint density at radius 3 is 2.67 bits per heavy atom. The van der Waals surface area contributed by atoms with E-state index in [9.17, 15) is 5.11 Å². The maximum atomic E-state index is 10.1. The molecule has 1 rings (SSSR count). The molecule has 1 atom stereocenters. The third kappa shape index (κ3) is 4.07. The third-order valence-electron chi connectivity index (χ3n) is 2.67. The largest absolute Gasteiger partial charge is 0.316 e. The van der Waals surface area contributed by atoms with Crippen LogP contribution in [-0.4, -0.2) is 19.7 Å². The van der Waals surface area contributed by atoms with Crippen LogP contribution >= 0.6 is 0 Å². The van der Waals surface area contributed by atoms with Gasteiger partial charge in [0.2, 0.25) is 0 Å². The molecule has 1 radical (unpaired) electrons. The van der Waals surface area contributed by atoms with Crippen molar-refractivity contribution < 1.29 is 5.11 Å². The highest BCUT2D eigenvalue weighted by atomic mass is 16.2. The van der Waals surface area contributed by atoms with Gasteiger partial charge in [-0.25, -0.2) is 5.11 Å². The molecule has 0 aromatic heterocycles. The van der Waals surface area contributed by atoms with Gasteiger partial charge in [-0.3, -0.25) is 0 Å². The van der Waals surface area contributed by atoms with Crippen molar-refractivity contribution in [3.05, 3.63) is 0 Å². The fourth-order valence-corrected chi connectivity index (χ4v) is 1.85. The molecule has 1 N–H and O–H groups in total. The van der Waals surface area contributed by atoms with Crippen molar-refractivity contribution in [3.8, 4) is 0 Å². The maximum absolute atomic E-state index is 10.1. The van der Waals surface area contributed by atoms with Gasteiger partial charge in [0.1, 0.15) is 0 Å². The third-order valence-corrected chi connectivity index (χ3v) is 2.67. The van der Waals surface area contributed by atoms with E-state index >= 15 is 0 Å². The van der Waals surface area contributed by atoms with Gasteiger partial charge < -0.3 is 5.32 Å². The normalized spacial score (nSPS) is 23.2. The molecule has 0 spiro atoms. The Balaban J connectivity index is 1.81. The molecule has 2 heteroatoms. The van der Waals surface area contributed by atoms with Gasteiger partial charge in [-0.1, -0.05) is 19.3 Å². The van der Waals surface area contributed by atoms with Gasteiger partial charge in [-0.2, -0.15) is 0 Å². The zero-order valence-electron chi connectivity index (χ0n) is 7.85. The lowest BCUT2D eigenvalue weighted by atomic mass is 10.0. The Bertz CT molecular complexity index is 100. The van der Waals surface area contributed by atoms with Crippen molar-refractivity contribution in [1.29, 1.82) is 0 Å². The molecule has 1 fully saturated rings. The van der Waals surface area contributed by atoms with Crippen LogP contribution in [0, 0.1) is 5.92 Å². The van der Waals surface area contributed by atoms with Gasteiger partial charge in [0, 0.05) is 0 Å². The van der Waals surface area contributed by atoms with Crippen molar-refractivity contribution in [2.24, 2.45) is 5.92 Å². The Kier molecular flexibility index (Phi) is 5.37. The average molecular weight is 170 g/mol. The number of unbranched alkanes of at least 4 members (excludes halogenated alkanes) is 3. The van der Waals surface area contributed by atoms with E-state index in [4.69, 9.17) is 0 Å². The molecule has 1 aliphatic rings. The van der Waals surface area contributed by atoms with E-state index in [0.717, 1.165) is 18.8 Å². The standard InChI is InChI=1S/C10H20NO/c12-8-4-2-1-3-5-10-6-7-11-9-10/h10-11H,1-9H2. The number of hydrogen-bond acceptors (Lipinski definition) is 1. The molecule has 12 heavy (non-hydrogen) atoms. The molecule has 0 aliphatic carbocycles. The summed E-state index contributed by atoms with van der Waals surface area (Å²) in [5, 5.41) is 13.5. The molecule has 0 saturated carbocycles. The maximum Gasteiger partial charge on any atom is 0.0822 e. The minimum Gasteiger partial charge on any atom is -0.316 e. The molecule has 1 heterocycles. The van der Waals surface area contributed by atoms with Crippen molar-refractivity contribution >= 4 is 0 Å². The van der Waals surface area contributed by atoms with E-state index in [-0.39, 0.29) is 6.61 Å². The Morgan fingerprint density at radius 1 is 1.17 bits per heavy atom. The van der Waals surface area contributed by atoms with Crippen molar-refractivity contribution in [2.45, 2.75) is 38.5 Å². The molecule has 2 nitrogen and oxygen atoms in total. The van der Waals surface area contributed by atoms with E-state index in [1.165, 1.54) is 38.8 Å². The zero-order valence-corrected chi connectivity index (χ0v) is 7.85. The lowest BCUT2D eigenvalue weighted by Gasteiger charge is -2.06.